The first-order chi connectivity index (χ1) is 14.6. The Balaban J connectivity index is 1.51. The van der Waals surface area contributed by atoms with Crippen molar-refractivity contribution in [1.29, 1.82) is 0 Å². The van der Waals surface area contributed by atoms with Crippen LogP contribution in [0.3, 0.4) is 0 Å². The van der Waals surface area contributed by atoms with E-state index in [1.54, 1.807) is 0 Å². The summed E-state index contributed by atoms with van der Waals surface area (Å²) in [6, 6.07) is 5.44. The molecule has 5 rings (SSSR count). The van der Waals surface area contributed by atoms with Gasteiger partial charge in [0, 0.05) is 41.8 Å². The summed E-state index contributed by atoms with van der Waals surface area (Å²) < 4.78 is 41.7. The molecule has 0 atom stereocenters. The van der Waals surface area contributed by atoms with Gasteiger partial charge in [-0.2, -0.15) is 9.42 Å². The molecule has 4 aliphatic rings. The van der Waals surface area contributed by atoms with Gasteiger partial charge in [0.2, 0.25) is 10.0 Å². The van der Waals surface area contributed by atoms with Crippen LogP contribution >= 0.6 is 0 Å². The van der Waals surface area contributed by atoms with Crippen molar-refractivity contribution in [2.24, 2.45) is 21.1 Å². The minimum Gasteiger partial charge on any atom is -0.342 e. The number of nitrogens with one attached hydrogen (secondary N) is 1. The summed E-state index contributed by atoms with van der Waals surface area (Å²) in [6.07, 6.45) is 2.11. The Morgan fingerprint density at radius 1 is 1.13 bits per heavy atom. The van der Waals surface area contributed by atoms with Crippen molar-refractivity contribution in [2.45, 2.75) is 44.4 Å². The van der Waals surface area contributed by atoms with E-state index in [0.717, 1.165) is 29.3 Å². The Morgan fingerprint density at radius 3 is 2.55 bits per heavy atom. The Hall–Kier alpha value is -2.39. The van der Waals surface area contributed by atoms with Crippen LogP contribution in [0, 0.1) is 16.6 Å². The van der Waals surface area contributed by atoms with Gasteiger partial charge in [0.1, 0.15) is 10.7 Å². The number of ketones is 1. The lowest BCUT2D eigenvalue weighted by Crippen LogP contribution is -2.50. The first-order valence-corrected chi connectivity index (χ1v) is 12.0. The standard InChI is InChI=1S/C22H25FN4O3S/c1-21(2)11-16-19(17(28)12-21)22(14-13-24-26-20(14)25-16)7-9-27(10-8-22)31(29,30)18-6-4-3-5-15(18)23/h3-6,25H,7-13H2,1-2H3. The molecule has 1 aromatic rings. The molecule has 0 unspecified atom stereocenters. The first kappa shape index (κ1) is 20.5. The van der Waals surface area contributed by atoms with E-state index >= 15 is 0 Å². The van der Waals surface area contributed by atoms with E-state index in [4.69, 9.17) is 0 Å². The molecule has 0 radical (unpaired) electrons. The highest BCUT2D eigenvalue weighted by Crippen LogP contribution is 2.55. The lowest BCUT2D eigenvalue weighted by Gasteiger charge is -2.48. The number of Topliss-reactive ketones (excluding diaryl/α,β-unsaturated/α-hetero) is 1. The number of carbonyl (C=O) groups is 1. The monoisotopic (exact) mass is 444 g/mol. The Morgan fingerprint density at radius 2 is 1.84 bits per heavy atom. The van der Waals surface area contributed by atoms with Crippen molar-refractivity contribution >= 4 is 15.8 Å². The second kappa shape index (κ2) is 6.80. The molecule has 7 nitrogen and oxygen atoms in total. The average Bonchev–Trinajstić information content (AvgIpc) is 3.16. The normalized spacial score (nSPS) is 24.9. The van der Waals surface area contributed by atoms with Crippen LogP contribution in [0.25, 0.3) is 0 Å². The fourth-order valence-corrected chi connectivity index (χ4v) is 7.03. The van der Waals surface area contributed by atoms with Crippen molar-refractivity contribution in [2.75, 3.05) is 19.6 Å². The molecule has 0 amide bonds. The molecule has 1 aliphatic carbocycles. The highest BCUT2D eigenvalue weighted by atomic mass is 32.2. The van der Waals surface area contributed by atoms with Gasteiger partial charge in [-0.05, 0) is 36.8 Å². The summed E-state index contributed by atoms with van der Waals surface area (Å²) in [5, 5.41) is 11.8. The number of dihydropyridines is 1. The summed E-state index contributed by atoms with van der Waals surface area (Å²) in [5.74, 6) is 0.0648. The number of nitrogens with zero attached hydrogens (tertiary/aromatic N) is 3. The number of halogens is 1. The number of benzene rings is 1. The number of sulfonamides is 1. The molecule has 1 saturated heterocycles. The molecule has 1 N–H and O–H groups in total. The van der Waals surface area contributed by atoms with Crippen LogP contribution in [-0.4, -0.2) is 38.1 Å². The van der Waals surface area contributed by atoms with E-state index in [-0.39, 0.29) is 29.2 Å². The summed E-state index contributed by atoms with van der Waals surface area (Å²) in [7, 11) is -3.95. The van der Waals surface area contributed by atoms with Gasteiger partial charge in [-0.15, -0.1) is 5.11 Å². The van der Waals surface area contributed by atoms with E-state index in [0.29, 0.717) is 31.6 Å². The molecule has 0 bridgehead atoms. The van der Waals surface area contributed by atoms with Gasteiger partial charge < -0.3 is 5.32 Å². The van der Waals surface area contributed by atoms with Gasteiger partial charge in [-0.1, -0.05) is 26.0 Å². The third-order valence-electron chi connectivity index (χ3n) is 6.92. The zero-order valence-electron chi connectivity index (χ0n) is 17.6. The Bertz CT molecular complexity index is 1170. The highest BCUT2D eigenvalue weighted by Gasteiger charge is 2.53. The smallest absolute Gasteiger partial charge is 0.245 e. The number of carbonyl (C=O) groups excluding carboxylic acids is 1. The molecular weight excluding hydrogens is 419 g/mol. The topological polar surface area (TPSA) is 91.2 Å². The van der Waals surface area contributed by atoms with Gasteiger partial charge in [-0.3, -0.25) is 4.79 Å². The zero-order valence-corrected chi connectivity index (χ0v) is 18.4. The van der Waals surface area contributed by atoms with Crippen LogP contribution in [-0.2, 0) is 14.8 Å². The summed E-state index contributed by atoms with van der Waals surface area (Å²) in [5.41, 5.74) is 1.94. The van der Waals surface area contributed by atoms with Crippen LogP contribution in [0.2, 0.25) is 0 Å². The maximum Gasteiger partial charge on any atom is 0.245 e. The molecule has 1 aromatic carbocycles. The van der Waals surface area contributed by atoms with Crippen molar-refractivity contribution in [3.05, 3.63) is 52.7 Å². The number of hydrogen-bond donors (Lipinski definition) is 1. The Kier molecular flexibility index (Phi) is 4.50. The van der Waals surface area contributed by atoms with Gasteiger partial charge >= 0.3 is 0 Å². The summed E-state index contributed by atoms with van der Waals surface area (Å²) in [4.78, 5) is 13.0. The number of fused-ring (bicyclic) bond motifs is 2. The predicted molar refractivity (Wildman–Crippen MR) is 112 cm³/mol. The van der Waals surface area contributed by atoms with Crippen molar-refractivity contribution in [1.82, 2.24) is 9.62 Å². The van der Waals surface area contributed by atoms with E-state index in [1.165, 1.54) is 22.5 Å². The van der Waals surface area contributed by atoms with Crippen LogP contribution < -0.4 is 5.32 Å². The molecule has 3 heterocycles. The molecular formula is C22H25FN4O3S. The quantitative estimate of drug-likeness (QED) is 0.756. The van der Waals surface area contributed by atoms with Crippen LogP contribution in [0.1, 0.15) is 39.5 Å². The largest absolute Gasteiger partial charge is 0.342 e. The van der Waals surface area contributed by atoms with Gasteiger partial charge in [0.25, 0.3) is 0 Å². The lowest BCUT2D eigenvalue weighted by molar-refractivity contribution is -0.119. The van der Waals surface area contributed by atoms with Crippen molar-refractivity contribution in [3.8, 4) is 0 Å². The van der Waals surface area contributed by atoms with Gasteiger partial charge in [0.05, 0.1) is 6.54 Å². The molecule has 0 saturated carbocycles. The van der Waals surface area contributed by atoms with Crippen LogP contribution in [0.4, 0.5) is 4.39 Å². The van der Waals surface area contributed by atoms with E-state index in [9.17, 15) is 17.6 Å². The molecule has 164 valence electrons. The number of allylic oxidation sites excluding steroid dienone is 2. The minimum absolute atomic E-state index is 0.114. The first-order valence-electron chi connectivity index (χ1n) is 10.5. The van der Waals surface area contributed by atoms with E-state index in [2.05, 4.69) is 29.4 Å². The third-order valence-corrected chi connectivity index (χ3v) is 8.85. The number of rotatable bonds is 2. The SMILES string of the molecule is CC1(C)CC(=O)C2=C(C1)NC1=C(CN=N1)C21CCN(S(=O)(=O)c2ccccc2F)CC1. The van der Waals surface area contributed by atoms with Crippen LogP contribution in [0.5, 0.6) is 0 Å². The summed E-state index contributed by atoms with van der Waals surface area (Å²) >= 11 is 0. The fourth-order valence-electron chi connectivity index (χ4n) is 5.52. The van der Waals surface area contributed by atoms with E-state index < -0.39 is 21.3 Å². The average molecular weight is 445 g/mol. The zero-order chi connectivity index (χ0) is 22.0. The maximum absolute atomic E-state index is 14.2. The third kappa shape index (κ3) is 3.09. The molecule has 3 aliphatic heterocycles. The molecule has 9 heteroatoms. The minimum atomic E-state index is -3.95. The maximum atomic E-state index is 14.2. The molecule has 31 heavy (non-hydrogen) atoms. The van der Waals surface area contributed by atoms with Gasteiger partial charge in [-0.25, -0.2) is 12.8 Å². The second-order valence-electron chi connectivity index (χ2n) is 9.56. The number of piperidine rings is 1. The fraction of sp³-hybridized carbons (Fsp3) is 0.500. The van der Waals surface area contributed by atoms with Crippen molar-refractivity contribution in [3.63, 3.8) is 0 Å². The number of hydrogen-bond acceptors (Lipinski definition) is 6. The predicted octanol–water partition coefficient (Wildman–Crippen LogP) is 3.52. The van der Waals surface area contributed by atoms with Crippen LogP contribution in [0.15, 0.2) is 62.1 Å². The Labute approximate surface area is 181 Å². The molecule has 0 aromatic heterocycles. The lowest BCUT2D eigenvalue weighted by atomic mass is 9.60. The van der Waals surface area contributed by atoms with Crippen molar-refractivity contribution < 1.29 is 17.6 Å². The summed E-state index contributed by atoms with van der Waals surface area (Å²) in [6.45, 7) is 4.98. The van der Waals surface area contributed by atoms with E-state index in [1.807, 2.05) is 0 Å². The molecule has 1 spiro atoms. The van der Waals surface area contributed by atoms with Gasteiger partial charge in [0.15, 0.2) is 11.6 Å². The second-order valence-corrected chi connectivity index (χ2v) is 11.5. The molecule has 1 fully saturated rings. The highest BCUT2D eigenvalue weighted by molar-refractivity contribution is 7.89. The number of azo groups is 1.